The van der Waals surface area contributed by atoms with Gasteiger partial charge in [-0.3, -0.25) is 4.90 Å². The van der Waals surface area contributed by atoms with Crippen molar-refractivity contribution in [3.05, 3.63) is 23.9 Å². The van der Waals surface area contributed by atoms with Crippen molar-refractivity contribution >= 4 is 5.82 Å². The lowest BCUT2D eigenvalue weighted by atomic mass is 9.97. The second kappa shape index (κ2) is 4.65. The molecular weight excluding hydrogens is 210 g/mol. The van der Waals surface area contributed by atoms with Crippen molar-refractivity contribution in [3.63, 3.8) is 0 Å². The van der Waals surface area contributed by atoms with Crippen LogP contribution in [0.25, 0.3) is 0 Å². The highest BCUT2D eigenvalue weighted by molar-refractivity contribution is 5.38. The monoisotopic (exact) mass is 231 g/mol. The number of likely N-dealkylation sites (tertiary alicyclic amines) is 1. The second-order valence-electron chi connectivity index (χ2n) is 5.39. The fourth-order valence-electron chi connectivity index (χ4n) is 2.62. The predicted molar refractivity (Wildman–Crippen MR) is 70.1 cm³/mol. The normalized spacial score (nSPS) is 25.8. The van der Waals surface area contributed by atoms with Crippen molar-refractivity contribution < 1.29 is 0 Å². The molecule has 1 aromatic rings. The Morgan fingerprint density at radius 3 is 2.76 bits per heavy atom. The summed E-state index contributed by atoms with van der Waals surface area (Å²) in [5.41, 5.74) is 1.37. The van der Waals surface area contributed by atoms with Gasteiger partial charge in [0, 0.05) is 18.3 Å². The molecule has 2 fully saturated rings. The van der Waals surface area contributed by atoms with Crippen molar-refractivity contribution in [2.24, 2.45) is 0 Å². The number of hydrogen-bond donors (Lipinski definition) is 1. The molecule has 0 aromatic carbocycles. The first kappa shape index (κ1) is 11.0. The van der Waals surface area contributed by atoms with E-state index in [1.54, 1.807) is 0 Å². The zero-order chi connectivity index (χ0) is 11.7. The Bertz CT molecular complexity index is 370. The van der Waals surface area contributed by atoms with Crippen molar-refractivity contribution in [2.75, 3.05) is 18.9 Å². The highest BCUT2D eigenvalue weighted by Crippen LogP contribution is 2.30. The van der Waals surface area contributed by atoms with Gasteiger partial charge in [-0.05, 0) is 50.9 Å². The Hall–Kier alpha value is -1.09. The Balaban J connectivity index is 1.69. The molecule has 3 nitrogen and oxygen atoms in total. The topological polar surface area (TPSA) is 28.2 Å². The van der Waals surface area contributed by atoms with Crippen LogP contribution in [0.2, 0.25) is 0 Å². The van der Waals surface area contributed by atoms with E-state index in [2.05, 4.69) is 40.6 Å². The molecule has 1 aliphatic heterocycles. The molecule has 17 heavy (non-hydrogen) atoms. The number of nitrogens with zero attached hydrogens (tertiary/aromatic N) is 2. The number of hydrogen-bond acceptors (Lipinski definition) is 3. The third-order valence-corrected chi connectivity index (χ3v) is 3.87. The summed E-state index contributed by atoms with van der Waals surface area (Å²) in [6, 6.07) is 5.64. The van der Waals surface area contributed by atoms with Gasteiger partial charge in [0.25, 0.3) is 0 Å². The maximum absolute atomic E-state index is 4.53. The molecule has 0 radical (unpaired) electrons. The SMILES string of the molecule is CN1CCCC[C@@H]1c1ccc(NC2CC2)nc1. The maximum atomic E-state index is 4.53. The Morgan fingerprint density at radius 2 is 2.12 bits per heavy atom. The van der Waals surface area contributed by atoms with Gasteiger partial charge in [-0.15, -0.1) is 0 Å². The van der Waals surface area contributed by atoms with E-state index in [9.17, 15) is 0 Å². The van der Waals surface area contributed by atoms with Gasteiger partial charge in [0.1, 0.15) is 5.82 Å². The summed E-state index contributed by atoms with van der Waals surface area (Å²) < 4.78 is 0. The lowest BCUT2D eigenvalue weighted by Gasteiger charge is -2.32. The fourth-order valence-corrected chi connectivity index (χ4v) is 2.62. The van der Waals surface area contributed by atoms with E-state index in [-0.39, 0.29) is 0 Å². The quantitative estimate of drug-likeness (QED) is 0.867. The molecule has 0 amide bonds. The van der Waals surface area contributed by atoms with Gasteiger partial charge < -0.3 is 5.32 Å². The Morgan fingerprint density at radius 1 is 1.24 bits per heavy atom. The highest BCUT2D eigenvalue weighted by atomic mass is 15.1. The summed E-state index contributed by atoms with van der Waals surface area (Å²) in [6.45, 7) is 1.22. The van der Waals surface area contributed by atoms with E-state index >= 15 is 0 Å². The summed E-state index contributed by atoms with van der Waals surface area (Å²) in [7, 11) is 2.22. The van der Waals surface area contributed by atoms with Crippen LogP contribution in [0.15, 0.2) is 18.3 Å². The number of aromatic nitrogens is 1. The standard InChI is InChI=1S/C14H21N3/c1-17-9-3-2-4-13(17)11-5-8-14(15-10-11)16-12-6-7-12/h5,8,10,12-13H,2-4,6-7,9H2,1H3,(H,15,16)/t13-/m1/s1. The van der Waals surface area contributed by atoms with Crippen molar-refractivity contribution in [1.82, 2.24) is 9.88 Å². The molecule has 3 heteroatoms. The molecule has 0 bridgehead atoms. The highest BCUT2D eigenvalue weighted by Gasteiger charge is 2.22. The molecule has 2 heterocycles. The summed E-state index contributed by atoms with van der Waals surface area (Å²) in [6.07, 6.45) is 8.60. The molecule has 2 aliphatic rings. The molecule has 0 spiro atoms. The summed E-state index contributed by atoms with van der Waals surface area (Å²) in [4.78, 5) is 6.98. The van der Waals surface area contributed by atoms with Crippen LogP contribution in [0, 0.1) is 0 Å². The molecule has 1 saturated heterocycles. The minimum absolute atomic E-state index is 0.575. The lowest BCUT2D eigenvalue weighted by molar-refractivity contribution is 0.187. The average Bonchev–Trinajstić information content (AvgIpc) is 3.15. The van der Waals surface area contributed by atoms with Gasteiger partial charge in [-0.1, -0.05) is 12.5 Å². The Labute approximate surface area is 103 Å². The number of anilines is 1. The van der Waals surface area contributed by atoms with Crippen LogP contribution in [0.3, 0.4) is 0 Å². The van der Waals surface area contributed by atoms with E-state index in [1.165, 1.54) is 44.2 Å². The maximum Gasteiger partial charge on any atom is 0.126 e. The van der Waals surface area contributed by atoms with E-state index in [0.717, 1.165) is 5.82 Å². The number of pyridine rings is 1. The molecule has 1 atom stereocenters. The summed E-state index contributed by atoms with van der Waals surface area (Å²) >= 11 is 0. The number of nitrogens with one attached hydrogen (secondary N) is 1. The molecule has 1 N–H and O–H groups in total. The summed E-state index contributed by atoms with van der Waals surface area (Å²) in [5.74, 6) is 1.04. The predicted octanol–water partition coefficient (Wildman–Crippen LogP) is 2.81. The zero-order valence-corrected chi connectivity index (χ0v) is 10.5. The van der Waals surface area contributed by atoms with Crippen molar-refractivity contribution in [3.8, 4) is 0 Å². The third kappa shape index (κ3) is 2.60. The van der Waals surface area contributed by atoms with Crippen molar-refractivity contribution in [1.29, 1.82) is 0 Å². The third-order valence-electron chi connectivity index (χ3n) is 3.87. The van der Waals surface area contributed by atoms with Gasteiger partial charge in [0.15, 0.2) is 0 Å². The van der Waals surface area contributed by atoms with Crippen LogP contribution >= 0.6 is 0 Å². The minimum atomic E-state index is 0.575. The fraction of sp³-hybridized carbons (Fsp3) is 0.643. The second-order valence-corrected chi connectivity index (χ2v) is 5.39. The molecule has 0 unspecified atom stereocenters. The van der Waals surface area contributed by atoms with Gasteiger partial charge >= 0.3 is 0 Å². The van der Waals surface area contributed by atoms with Gasteiger partial charge in [-0.25, -0.2) is 4.98 Å². The summed E-state index contributed by atoms with van der Waals surface area (Å²) in [5, 5.41) is 3.43. The minimum Gasteiger partial charge on any atom is -0.367 e. The molecule has 1 aromatic heterocycles. The van der Waals surface area contributed by atoms with Gasteiger partial charge in [-0.2, -0.15) is 0 Å². The van der Waals surface area contributed by atoms with Crippen LogP contribution in [-0.2, 0) is 0 Å². The number of rotatable bonds is 3. The van der Waals surface area contributed by atoms with E-state index < -0.39 is 0 Å². The molecular formula is C14H21N3. The molecule has 1 aliphatic carbocycles. The first-order chi connectivity index (χ1) is 8.33. The van der Waals surface area contributed by atoms with E-state index in [1.807, 2.05) is 0 Å². The lowest BCUT2D eigenvalue weighted by Crippen LogP contribution is -2.29. The van der Waals surface area contributed by atoms with Crippen LogP contribution in [0.1, 0.15) is 43.7 Å². The van der Waals surface area contributed by atoms with E-state index in [4.69, 9.17) is 0 Å². The molecule has 92 valence electrons. The first-order valence-corrected chi connectivity index (χ1v) is 6.75. The van der Waals surface area contributed by atoms with Crippen LogP contribution in [0.4, 0.5) is 5.82 Å². The molecule has 3 rings (SSSR count). The van der Waals surface area contributed by atoms with E-state index in [0.29, 0.717) is 12.1 Å². The largest absolute Gasteiger partial charge is 0.367 e. The first-order valence-electron chi connectivity index (χ1n) is 6.75. The molecule has 1 saturated carbocycles. The van der Waals surface area contributed by atoms with Crippen molar-refractivity contribution in [2.45, 2.75) is 44.2 Å². The average molecular weight is 231 g/mol. The van der Waals surface area contributed by atoms with Crippen LogP contribution in [0.5, 0.6) is 0 Å². The zero-order valence-electron chi connectivity index (χ0n) is 10.5. The van der Waals surface area contributed by atoms with Crippen LogP contribution in [-0.4, -0.2) is 29.5 Å². The van der Waals surface area contributed by atoms with Crippen LogP contribution < -0.4 is 5.32 Å². The van der Waals surface area contributed by atoms with Gasteiger partial charge in [0.2, 0.25) is 0 Å². The van der Waals surface area contributed by atoms with Gasteiger partial charge in [0.05, 0.1) is 0 Å². The number of piperidine rings is 1. The Kier molecular flexibility index (Phi) is 3.02. The smallest absolute Gasteiger partial charge is 0.126 e.